The van der Waals surface area contributed by atoms with Crippen LogP contribution in [0, 0.1) is 6.92 Å². The number of amides is 1. The summed E-state index contributed by atoms with van der Waals surface area (Å²) in [5.41, 5.74) is 2.01. The molecule has 0 radical (unpaired) electrons. The van der Waals surface area contributed by atoms with E-state index >= 15 is 0 Å². The minimum Gasteiger partial charge on any atom is -0.351 e. The molecular weight excluding hydrogens is 300 g/mol. The van der Waals surface area contributed by atoms with Crippen molar-refractivity contribution in [1.82, 2.24) is 15.3 Å². The Bertz CT molecular complexity index is 670. The molecule has 0 aliphatic heterocycles. The second kappa shape index (κ2) is 7.56. The lowest BCUT2D eigenvalue weighted by molar-refractivity contribution is 0.0945. The Hall–Kier alpha value is -2.40. The van der Waals surface area contributed by atoms with Crippen LogP contribution in [-0.4, -0.2) is 22.4 Å². The number of halogens is 1. The van der Waals surface area contributed by atoms with Gasteiger partial charge in [-0.3, -0.25) is 4.79 Å². The van der Waals surface area contributed by atoms with Gasteiger partial charge in [0.1, 0.15) is 5.69 Å². The van der Waals surface area contributed by atoms with Crippen LogP contribution in [0.4, 0.5) is 5.95 Å². The molecule has 6 heteroatoms. The van der Waals surface area contributed by atoms with Crippen molar-refractivity contribution in [3.63, 3.8) is 0 Å². The van der Waals surface area contributed by atoms with E-state index in [4.69, 9.17) is 11.6 Å². The summed E-state index contributed by atoms with van der Waals surface area (Å²) in [5.74, 6) is 0.165. The summed E-state index contributed by atoms with van der Waals surface area (Å²) in [7, 11) is 0. The molecule has 0 saturated carbocycles. The van der Waals surface area contributed by atoms with Gasteiger partial charge in [-0.25, -0.2) is 9.97 Å². The smallest absolute Gasteiger partial charge is 0.270 e. The maximum absolute atomic E-state index is 12.2. The number of nitrogens with one attached hydrogen (secondary N) is 2. The van der Waals surface area contributed by atoms with Crippen LogP contribution in [0.1, 0.15) is 21.7 Å². The molecule has 0 spiro atoms. The number of hydrogen-bond donors (Lipinski definition) is 2. The molecule has 2 aromatic rings. The SMILES string of the molecule is C=CCNc1nc(C)cc(C(=O)NCc2ccc(Cl)cc2)n1. The van der Waals surface area contributed by atoms with E-state index in [-0.39, 0.29) is 5.91 Å². The van der Waals surface area contributed by atoms with E-state index in [0.29, 0.717) is 29.8 Å². The predicted octanol–water partition coefficient (Wildman–Crippen LogP) is 2.97. The number of aryl methyl sites for hydroxylation is 1. The van der Waals surface area contributed by atoms with Crippen LogP contribution < -0.4 is 10.6 Å². The second-order valence-corrected chi connectivity index (χ2v) is 5.13. The number of rotatable bonds is 6. The summed E-state index contributed by atoms with van der Waals surface area (Å²) < 4.78 is 0. The number of anilines is 1. The number of nitrogens with zero attached hydrogens (tertiary/aromatic N) is 2. The van der Waals surface area contributed by atoms with Crippen LogP contribution in [-0.2, 0) is 6.54 Å². The summed E-state index contributed by atoms with van der Waals surface area (Å²) in [4.78, 5) is 20.6. The normalized spacial score (nSPS) is 10.1. The van der Waals surface area contributed by atoms with Crippen LogP contribution in [0.25, 0.3) is 0 Å². The van der Waals surface area contributed by atoms with Gasteiger partial charge in [-0.2, -0.15) is 0 Å². The fourth-order valence-electron chi connectivity index (χ4n) is 1.80. The first-order valence-corrected chi connectivity index (χ1v) is 7.19. The Morgan fingerprint density at radius 1 is 1.32 bits per heavy atom. The molecule has 2 rings (SSSR count). The van der Waals surface area contributed by atoms with Crippen LogP contribution in [0.5, 0.6) is 0 Å². The van der Waals surface area contributed by atoms with Crippen LogP contribution in [0.2, 0.25) is 5.02 Å². The van der Waals surface area contributed by atoms with Gasteiger partial charge in [0.25, 0.3) is 5.91 Å². The lowest BCUT2D eigenvalue weighted by atomic mass is 10.2. The van der Waals surface area contributed by atoms with E-state index in [2.05, 4.69) is 27.2 Å². The number of carbonyl (C=O) groups excluding carboxylic acids is 1. The molecule has 1 heterocycles. The molecule has 1 aromatic heterocycles. The minimum atomic E-state index is -0.248. The maximum Gasteiger partial charge on any atom is 0.270 e. The van der Waals surface area contributed by atoms with Crippen molar-refractivity contribution in [3.8, 4) is 0 Å². The highest BCUT2D eigenvalue weighted by molar-refractivity contribution is 6.30. The molecule has 0 unspecified atom stereocenters. The van der Waals surface area contributed by atoms with Crippen molar-refractivity contribution >= 4 is 23.5 Å². The molecule has 1 aromatic carbocycles. The van der Waals surface area contributed by atoms with E-state index in [1.165, 1.54) is 0 Å². The second-order valence-electron chi connectivity index (χ2n) is 4.70. The third-order valence-corrected chi connectivity index (χ3v) is 3.11. The molecule has 22 heavy (non-hydrogen) atoms. The number of carbonyl (C=O) groups is 1. The highest BCUT2D eigenvalue weighted by Crippen LogP contribution is 2.10. The van der Waals surface area contributed by atoms with E-state index < -0.39 is 0 Å². The van der Waals surface area contributed by atoms with Crippen molar-refractivity contribution in [2.24, 2.45) is 0 Å². The summed E-state index contributed by atoms with van der Waals surface area (Å²) in [6.45, 7) is 6.38. The fourth-order valence-corrected chi connectivity index (χ4v) is 1.93. The quantitative estimate of drug-likeness (QED) is 0.804. The maximum atomic E-state index is 12.2. The topological polar surface area (TPSA) is 66.9 Å². The van der Waals surface area contributed by atoms with Crippen molar-refractivity contribution in [2.45, 2.75) is 13.5 Å². The first-order valence-electron chi connectivity index (χ1n) is 6.81. The van der Waals surface area contributed by atoms with Crippen LogP contribution >= 0.6 is 11.6 Å². The van der Waals surface area contributed by atoms with Gasteiger partial charge in [0, 0.05) is 23.8 Å². The number of benzene rings is 1. The van der Waals surface area contributed by atoms with Gasteiger partial charge in [0.05, 0.1) is 0 Å². The molecule has 2 N–H and O–H groups in total. The summed E-state index contributed by atoms with van der Waals surface area (Å²) in [5, 5.41) is 6.47. The lowest BCUT2D eigenvalue weighted by Crippen LogP contribution is -2.24. The van der Waals surface area contributed by atoms with Gasteiger partial charge in [-0.15, -0.1) is 6.58 Å². The molecule has 1 amide bonds. The average molecular weight is 317 g/mol. The van der Waals surface area contributed by atoms with Gasteiger partial charge in [-0.05, 0) is 30.7 Å². The molecule has 0 bridgehead atoms. The Morgan fingerprint density at radius 3 is 2.73 bits per heavy atom. The van der Waals surface area contributed by atoms with Gasteiger partial charge in [-0.1, -0.05) is 29.8 Å². The third kappa shape index (κ3) is 4.56. The highest BCUT2D eigenvalue weighted by Gasteiger charge is 2.10. The van der Waals surface area contributed by atoms with Crippen molar-refractivity contribution in [2.75, 3.05) is 11.9 Å². The molecular formula is C16H17ClN4O. The molecule has 0 aliphatic carbocycles. The van der Waals surface area contributed by atoms with Gasteiger partial charge < -0.3 is 10.6 Å². The van der Waals surface area contributed by atoms with E-state index in [9.17, 15) is 4.79 Å². The molecule has 114 valence electrons. The minimum absolute atomic E-state index is 0.248. The zero-order chi connectivity index (χ0) is 15.9. The Balaban J connectivity index is 2.03. The van der Waals surface area contributed by atoms with Gasteiger partial charge in [0.2, 0.25) is 5.95 Å². The van der Waals surface area contributed by atoms with Gasteiger partial charge in [0.15, 0.2) is 0 Å². The Morgan fingerprint density at radius 2 is 2.05 bits per heavy atom. The predicted molar refractivity (Wildman–Crippen MR) is 88.1 cm³/mol. The van der Waals surface area contributed by atoms with Crippen molar-refractivity contribution in [1.29, 1.82) is 0 Å². The summed E-state index contributed by atoms with van der Waals surface area (Å²) in [6.07, 6.45) is 1.70. The van der Waals surface area contributed by atoms with Crippen LogP contribution in [0.3, 0.4) is 0 Å². The molecule has 5 nitrogen and oxygen atoms in total. The third-order valence-electron chi connectivity index (χ3n) is 2.86. The Labute approximate surface area is 134 Å². The fraction of sp³-hybridized carbons (Fsp3) is 0.188. The standard InChI is InChI=1S/C16H17ClN4O/c1-3-8-18-16-20-11(2)9-14(21-16)15(22)19-10-12-4-6-13(17)7-5-12/h3-7,9H,1,8,10H2,2H3,(H,19,22)(H,18,20,21). The van der Waals surface area contributed by atoms with E-state index in [0.717, 1.165) is 11.3 Å². The zero-order valence-corrected chi connectivity index (χ0v) is 13.0. The average Bonchev–Trinajstić information content (AvgIpc) is 2.51. The monoisotopic (exact) mass is 316 g/mol. The lowest BCUT2D eigenvalue weighted by Gasteiger charge is -2.08. The first-order chi connectivity index (χ1) is 10.6. The summed E-state index contributed by atoms with van der Waals surface area (Å²) in [6, 6.07) is 8.95. The van der Waals surface area contributed by atoms with Crippen molar-refractivity contribution < 1.29 is 4.79 Å². The molecule has 0 fully saturated rings. The number of hydrogen-bond acceptors (Lipinski definition) is 4. The highest BCUT2D eigenvalue weighted by atomic mass is 35.5. The zero-order valence-electron chi connectivity index (χ0n) is 12.3. The Kier molecular flexibility index (Phi) is 5.49. The van der Waals surface area contributed by atoms with Crippen molar-refractivity contribution in [3.05, 3.63) is 65.0 Å². The molecule has 0 aliphatic rings. The number of aromatic nitrogens is 2. The summed E-state index contributed by atoms with van der Waals surface area (Å²) >= 11 is 5.83. The van der Waals surface area contributed by atoms with Gasteiger partial charge >= 0.3 is 0 Å². The van der Waals surface area contributed by atoms with E-state index in [1.807, 2.05) is 19.1 Å². The largest absolute Gasteiger partial charge is 0.351 e. The van der Waals surface area contributed by atoms with Crippen LogP contribution in [0.15, 0.2) is 43.0 Å². The van der Waals surface area contributed by atoms with E-state index in [1.54, 1.807) is 24.3 Å². The molecule has 0 saturated heterocycles. The molecule has 0 atom stereocenters. The first kappa shape index (κ1) is 16.0.